The molecular weight excluding hydrogens is 512 g/mol. The molecule has 1 aromatic carbocycles. The summed E-state index contributed by atoms with van der Waals surface area (Å²) in [5, 5.41) is 6.49. The Hall–Kier alpha value is -3.40. The Morgan fingerprint density at radius 1 is 1.00 bits per heavy atom. The van der Waals surface area contributed by atoms with Crippen molar-refractivity contribution in [3.8, 4) is 5.75 Å². The van der Waals surface area contributed by atoms with Crippen LogP contribution in [0, 0.1) is 5.92 Å². The smallest absolute Gasteiger partial charge is 0.296 e. The van der Waals surface area contributed by atoms with Crippen LogP contribution in [0.5, 0.6) is 5.75 Å². The number of nitrogens with one attached hydrogen (secondary N) is 3. The molecule has 0 spiro atoms. The fourth-order valence-electron chi connectivity index (χ4n) is 6.06. The molecule has 0 saturated heterocycles. The van der Waals surface area contributed by atoms with Crippen molar-refractivity contribution in [2.75, 3.05) is 33.9 Å². The number of rotatable bonds is 12. The van der Waals surface area contributed by atoms with E-state index in [1.54, 1.807) is 25.3 Å². The van der Waals surface area contributed by atoms with Crippen LogP contribution in [0.15, 0.2) is 24.4 Å². The number of ketones is 1. The molecule has 0 unspecified atom stereocenters. The summed E-state index contributed by atoms with van der Waals surface area (Å²) in [5.74, 6) is -1.83. The first kappa shape index (κ1) is 29.6. The number of aromatic amines is 1. The summed E-state index contributed by atoms with van der Waals surface area (Å²) >= 11 is 0. The minimum absolute atomic E-state index is 0.0409. The molecule has 218 valence electrons. The highest BCUT2D eigenvalue weighted by atomic mass is 16.5. The number of carbonyl (C=O) groups is 4. The van der Waals surface area contributed by atoms with Crippen LogP contribution in [0.1, 0.15) is 74.6 Å². The average molecular weight is 555 g/mol. The third-order valence-corrected chi connectivity index (χ3v) is 8.18. The van der Waals surface area contributed by atoms with E-state index < -0.39 is 23.6 Å². The molecule has 0 aliphatic heterocycles. The molecule has 2 aliphatic carbocycles. The molecule has 3 N–H and O–H groups in total. The van der Waals surface area contributed by atoms with Crippen LogP contribution in [-0.4, -0.2) is 79.4 Å². The number of methoxy groups -OCH3 is 2. The molecule has 10 heteroatoms. The predicted molar refractivity (Wildman–Crippen MR) is 151 cm³/mol. The summed E-state index contributed by atoms with van der Waals surface area (Å²) in [6.07, 6.45) is 11.0. The zero-order valence-electron chi connectivity index (χ0n) is 23.6. The molecule has 2 saturated carbocycles. The number of carbonyl (C=O) groups excluding carboxylic acids is 4. The maximum absolute atomic E-state index is 14.0. The maximum atomic E-state index is 14.0. The fraction of sp³-hybridized carbons (Fsp3) is 0.600. The van der Waals surface area contributed by atoms with Gasteiger partial charge >= 0.3 is 0 Å². The van der Waals surface area contributed by atoms with Crippen LogP contribution in [-0.2, 0) is 19.1 Å². The van der Waals surface area contributed by atoms with Gasteiger partial charge in [-0.05, 0) is 43.7 Å². The number of fused-ring (bicyclic) bond motifs is 1. The van der Waals surface area contributed by atoms with E-state index in [1.807, 2.05) is 0 Å². The fourth-order valence-corrected chi connectivity index (χ4v) is 6.06. The summed E-state index contributed by atoms with van der Waals surface area (Å²) in [4.78, 5) is 58.9. The number of aromatic nitrogens is 1. The lowest BCUT2D eigenvalue weighted by Gasteiger charge is -2.38. The van der Waals surface area contributed by atoms with E-state index in [1.165, 1.54) is 18.2 Å². The van der Waals surface area contributed by atoms with Crippen molar-refractivity contribution in [1.29, 1.82) is 0 Å². The third kappa shape index (κ3) is 7.21. The van der Waals surface area contributed by atoms with Gasteiger partial charge in [-0.15, -0.1) is 0 Å². The van der Waals surface area contributed by atoms with E-state index in [-0.39, 0.29) is 36.5 Å². The van der Waals surface area contributed by atoms with Gasteiger partial charge in [0.05, 0.1) is 19.3 Å². The number of H-pyrrole nitrogens is 1. The van der Waals surface area contributed by atoms with Crippen molar-refractivity contribution in [2.45, 2.75) is 76.3 Å². The first-order valence-electron chi connectivity index (χ1n) is 14.5. The van der Waals surface area contributed by atoms with Crippen LogP contribution < -0.4 is 15.4 Å². The number of ether oxygens (including phenoxy) is 2. The largest absolute Gasteiger partial charge is 0.497 e. The Morgan fingerprint density at radius 3 is 2.38 bits per heavy atom. The summed E-state index contributed by atoms with van der Waals surface area (Å²) in [6.45, 7) is 0.188. The molecule has 2 aliphatic rings. The van der Waals surface area contributed by atoms with E-state index >= 15 is 0 Å². The van der Waals surface area contributed by atoms with Crippen molar-refractivity contribution >= 4 is 34.4 Å². The van der Waals surface area contributed by atoms with E-state index in [0.29, 0.717) is 23.3 Å². The number of benzene rings is 1. The number of nitrogens with zero attached hydrogens (tertiary/aromatic N) is 1. The zero-order valence-corrected chi connectivity index (χ0v) is 23.6. The van der Waals surface area contributed by atoms with Crippen molar-refractivity contribution in [1.82, 2.24) is 20.5 Å². The first-order chi connectivity index (χ1) is 19.4. The molecule has 0 bridgehead atoms. The summed E-state index contributed by atoms with van der Waals surface area (Å²) in [6, 6.07) is 4.33. The van der Waals surface area contributed by atoms with Gasteiger partial charge in [-0.1, -0.05) is 38.5 Å². The van der Waals surface area contributed by atoms with Crippen LogP contribution in [0.2, 0.25) is 0 Å². The molecule has 10 nitrogen and oxygen atoms in total. The highest BCUT2D eigenvalue weighted by molar-refractivity contribution is 6.45. The van der Waals surface area contributed by atoms with Crippen molar-refractivity contribution in [3.05, 3.63) is 30.0 Å². The van der Waals surface area contributed by atoms with Gasteiger partial charge in [0.2, 0.25) is 11.8 Å². The summed E-state index contributed by atoms with van der Waals surface area (Å²) in [5.41, 5.74) is 0.848. The van der Waals surface area contributed by atoms with E-state index in [0.717, 1.165) is 64.2 Å². The Morgan fingerprint density at radius 2 is 1.70 bits per heavy atom. The van der Waals surface area contributed by atoms with Gasteiger partial charge in [-0.2, -0.15) is 0 Å². The Balaban J connectivity index is 1.65. The number of amides is 3. The number of hydrogen-bond donors (Lipinski definition) is 3. The number of Topliss-reactive ketones (excluding diaryl/α,β-unsaturated/α-hetero) is 1. The Kier molecular flexibility index (Phi) is 10.6. The van der Waals surface area contributed by atoms with Gasteiger partial charge in [0, 0.05) is 42.9 Å². The highest BCUT2D eigenvalue weighted by Gasteiger charge is 2.41. The molecule has 1 aromatic heterocycles. The molecule has 40 heavy (non-hydrogen) atoms. The van der Waals surface area contributed by atoms with E-state index in [9.17, 15) is 19.2 Å². The van der Waals surface area contributed by atoms with Crippen LogP contribution in [0.4, 0.5) is 0 Å². The summed E-state index contributed by atoms with van der Waals surface area (Å²) in [7, 11) is 3.09. The van der Waals surface area contributed by atoms with Crippen LogP contribution in [0.3, 0.4) is 0 Å². The van der Waals surface area contributed by atoms with Gasteiger partial charge in [-0.3, -0.25) is 19.2 Å². The molecule has 0 radical (unpaired) electrons. The quantitative estimate of drug-likeness (QED) is 0.210. The van der Waals surface area contributed by atoms with Gasteiger partial charge in [0.15, 0.2) is 0 Å². The Bertz CT molecular complexity index is 1180. The minimum atomic E-state index is -0.905. The number of hydrogen-bond acceptors (Lipinski definition) is 6. The molecule has 1 atom stereocenters. The molecule has 2 fully saturated rings. The normalized spacial score (nSPS) is 17.2. The molecule has 2 aromatic rings. The standard InChI is InChI=1S/C30H42N4O6/c1-39-16-15-31-26(35)19-34(30(38)28(36)24-18-32-25-17-22(40-2)13-14-23(24)25)27(20-9-5-3-6-10-20)29(37)33-21-11-7-4-8-12-21/h13-14,17-18,20-21,27,32H,3-12,15-16,19H2,1-2H3,(H,31,35)(H,33,37)/t27-/m1/s1. The second kappa shape index (κ2) is 14.3. The van der Waals surface area contributed by atoms with Crippen LogP contribution >= 0.6 is 0 Å². The van der Waals surface area contributed by atoms with Gasteiger partial charge in [-0.25, -0.2) is 0 Å². The Labute approximate surface area is 235 Å². The molecule has 1 heterocycles. The molecule has 3 amide bonds. The zero-order chi connectivity index (χ0) is 28.5. The van der Waals surface area contributed by atoms with Crippen LogP contribution in [0.25, 0.3) is 10.9 Å². The highest BCUT2D eigenvalue weighted by Crippen LogP contribution is 2.31. The topological polar surface area (TPSA) is 130 Å². The SMILES string of the molecule is COCCNC(=O)CN(C(=O)C(=O)c1c[nH]c2cc(OC)ccc12)[C@@H](C(=O)NC1CCCCC1)C1CCCCC1. The average Bonchev–Trinajstić information content (AvgIpc) is 3.40. The van der Waals surface area contributed by atoms with Gasteiger partial charge in [0.25, 0.3) is 11.7 Å². The monoisotopic (exact) mass is 554 g/mol. The lowest BCUT2D eigenvalue weighted by Crippen LogP contribution is -2.59. The second-order valence-corrected chi connectivity index (χ2v) is 10.9. The summed E-state index contributed by atoms with van der Waals surface area (Å²) < 4.78 is 10.3. The van der Waals surface area contributed by atoms with Crippen molar-refractivity contribution in [3.63, 3.8) is 0 Å². The van der Waals surface area contributed by atoms with Gasteiger partial charge < -0.3 is 30.0 Å². The van der Waals surface area contributed by atoms with E-state index in [4.69, 9.17) is 9.47 Å². The molecule has 4 rings (SSSR count). The third-order valence-electron chi connectivity index (χ3n) is 8.18. The van der Waals surface area contributed by atoms with E-state index in [2.05, 4.69) is 15.6 Å². The van der Waals surface area contributed by atoms with Crippen molar-refractivity contribution in [2.24, 2.45) is 5.92 Å². The predicted octanol–water partition coefficient (Wildman–Crippen LogP) is 3.35. The second-order valence-electron chi connectivity index (χ2n) is 10.9. The van der Waals surface area contributed by atoms with Crippen molar-refractivity contribution < 1.29 is 28.7 Å². The first-order valence-corrected chi connectivity index (χ1v) is 14.5. The lowest BCUT2D eigenvalue weighted by molar-refractivity contribution is -0.143. The maximum Gasteiger partial charge on any atom is 0.296 e. The minimum Gasteiger partial charge on any atom is -0.497 e. The molecular formula is C30H42N4O6. The van der Waals surface area contributed by atoms with Gasteiger partial charge in [0.1, 0.15) is 18.3 Å². The lowest BCUT2D eigenvalue weighted by atomic mass is 9.82.